The molecule has 0 aliphatic carbocycles. The van der Waals surface area contributed by atoms with Crippen LogP contribution in [-0.2, 0) is 0 Å². The highest BCUT2D eigenvalue weighted by Gasteiger charge is 2.23. The van der Waals surface area contributed by atoms with Gasteiger partial charge in [0.2, 0.25) is 5.75 Å². The van der Waals surface area contributed by atoms with Crippen molar-refractivity contribution in [2.45, 2.75) is 0 Å². The molecule has 0 bridgehead atoms. The summed E-state index contributed by atoms with van der Waals surface area (Å²) in [5, 5.41) is 47.1. The average Bonchev–Trinajstić information content (AvgIpc) is 2.93. The van der Waals surface area contributed by atoms with Crippen molar-refractivity contribution in [1.29, 1.82) is 0 Å². The molecule has 0 atom stereocenters. The van der Waals surface area contributed by atoms with Crippen LogP contribution in [0.1, 0.15) is 5.56 Å². The second-order valence-corrected chi connectivity index (χ2v) is 3.52. The highest BCUT2D eigenvalue weighted by atomic mass is 16.6. The molecular weight excluding hydrogens is 288 g/mol. The Hall–Kier alpha value is -3.64. The van der Waals surface area contributed by atoms with Gasteiger partial charge in [-0.15, -0.1) is 5.10 Å². The van der Waals surface area contributed by atoms with Crippen LogP contribution in [0, 0.1) is 20.2 Å². The number of hydrogen-bond donors (Lipinski definition) is 3. The van der Waals surface area contributed by atoms with Gasteiger partial charge in [0.15, 0.2) is 0 Å². The van der Waals surface area contributed by atoms with Crippen molar-refractivity contribution in [3.8, 4) is 5.75 Å². The summed E-state index contributed by atoms with van der Waals surface area (Å²) in [6, 6.07) is 1.59. The molecule has 0 unspecified atom stereocenters. The lowest BCUT2D eigenvalue weighted by Gasteiger charge is -2.00. The van der Waals surface area contributed by atoms with E-state index >= 15 is 0 Å². The van der Waals surface area contributed by atoms with E-state index < -0.39 is 27.0 Å². The summed E-state index contributed by atoms with van der Waals surface area (Å²) < 4.78 is 0. The third-order valence-corrected chi connectivity index (χ3v) is 2.23. The maximum Gasteiger partial charge on any atom is 0.318 e. The minimum absolute atomic E-state index is 0.00525. The topological polar surface area (TPSA) is 185 Å². The molecule has 3 N–H and O–H groups in total. The molecule has 0 spiro atoms. The van der Waals surface area contributed by atoms with E-state index in [1.54, 1.807) is 0 Å². The molecule has 1 heterocycles. The summed E-state index contributed by atoms with van der Waals surface area (Å²) in [5.41, 5.74) is 0.729. The van der Waals surface area contributed by atoms with Gasteiger partial charge in [0.05, 0.1) is 27.7 Å². The monoisotopic (exact) mass is 294 g/mol. The van der Waals surface area contributed by atoms with Gasteiger partial charge in [-0.1, -0.05) is 5.10 Å². The number of nitro benzene ring substituents is 2. The Kier molecular flexibility index (Phi) is 3.65. The first kappa shape index (κ1) is 13.8. The fourth-order valence-electron chi connectivity index (χ4n) is 1.34. The number of phenols is 1. The highest BCUT2D eigenvalue weighted by molar-refractivity contribution is 5.87. The number of nitrogens with zero attached hydrogens (tertiary/aromatic N) is 6. The van der Waals surface area contributed by atoms with Crippen LogP contribution in [-0.4, -0.2) is 41.8 Å². The second-order valence-electron chi connectivity index (χ2n) is 3.52. The molecule has 0 aliphatic heterocycles. The van der Waals surface area contributed by atoms with Gasteiger partial charge in [-0.3, -0.25) is 20.2 Å². The summed E-state index contributed by atoms with van der Waals surface area (Å²) in [5.74, 6) is -0.741. The maximum atomic E-state index is 10.7. The van der Waals surface area contributed by atoms with Crippen LogP contribution in [0.15, 0.2) is 17.2 Å². The van der Waals surface area contributed by atoms with Gasteiger partial charge in [-0.2, -0.15) is 10.3 Å². The first-order valence-electron chi connectivity index (χ1n) is 5.17. The molecule has 2 aromatic rings. The third-order valence-electron chi connectivity index (χ3n) is 2.23. The van der Waals surface area contributed by atoms with Crippen LogP contribution in [0.5, 0.6) is 5.75 Å². The van der Waals surface area contributed by atoms with Crippen molar-refractivity contribution in [3.63, 3.8) is 0 Å². The standard InChI is InChI=1S/C8H6N8O5/c17-7-4(3-9-10-8-11-13-14-12-8)1-5(15(18)19)2-6(7)16(20)21/h1-3,17H,(H2,10,11,12,13,14)/b9-3+. The summed E-state index contributed by atoms with van der Waals surface area (Å²) in [7, 11) is 0. The van der Waals surface area contributed by atoms with E-state index in [1.165, 1.54) is 0 Å². The number of anilines is 1. The zero-order valence-electron chi connectivity index (χ0n) is 10.00. The number of tetrazole rings is 1. The molecule has 108 valence electrons. The van der Waals surface area contributed by atoms with E-state index in [4.69, 9.17) is 0 Å². The Morgan fingerprint density at radius 3 is 2.67 bits per heavy atom. The Labute approximate surface area is 114 Å². The quantitative estimate of drug-likeness (QED) is 0.392. The SMILES string of the molecule is O=[N+]([O-])c1cc(/C=N/Nc2nn[nH]n2)c(O)c([N+](=O)[O-])c1. The third kappa shape index (κ3) is 3.03. The van der Waals surface area contributed by atoms with Crippen LogP contribution in [0.4, 0.5) is 17.3 Å². The number of rotatable bonds is 5. The normalized spacial score (nSPS) is 10.7. The van der Waals surface area contributed by atoms with Crippen LogP contribution in [0.3, 0.4) is 0 Å². The van der Waals surface area contributed by atoms with Crippen molar-refractivity contribution >= 4 is 23.5 Å². The Bertz CT molecular complexity index is 712. The smallest absolute Gasteiger partial charge is 0.318 e. The largest absolute Gasteiger partial charge is 0.502 e. The lowest BCUT2D eigenvalue weighted by Crippen LogP contribution is -1.98. The maximum absolute atomic E-state index is 10.7. The Morgan fingerprint density at radius 2 is 2.10 bits per heavy atom. The number of nitrogens with one attached hydrogen (secondary N) is 2. The predicted molar refractivity (Wildman–Crippen MR) is 66.8 cm³/mol. The van der Waals surface area contributed by atoms with Gasteiger partial charge in [0.1, 0.15) is 0 Å². The Balaban J connectivity index is 2.35. The lowest BCUT2D eigenvalue weighted by molar-refractivity contribution is -0.394. The minimum atomic E-state index is -0.938. The zero-order valence-corrected chi connectivity index (χ0v) is 10.00. The molecule has 0 fully saturated rings. The van der Waals surface area contributed by atoms with Gasteiger partial charge in [-0.05, 0) is 5.21 Å². The summed E-state index contributed by atoms with van der Waals surface area (Å²) in [6.07, 6.45) is 0.950. The number of phenolic OH excluding ortho intramolecular Hbond substituents is 1. The van der Waals surface area contributed by atoms with E-state index in [2.05, 4.69) is 31.2 Å². The summed E-state index contributed by atoms with van der Waals surface area (Å²) in [4.78, 5) is 19.7. The number of aromatic hydroxyl groups is 1. The lowest BCUT2D eigenvalue weighted by atomic mass is 10.1. The number of H-pyrrole nitrogens is 1. The molecule has 0 aliphatic rings. The van der Waals surface area contributed by atoms with Crippen LogP contribution < -0.4 is 5.43 Å². The zero-order chi connectivity index (χ0) is 15.4. The molecule has 1 aromatic carbocycles. The van der Waals surface area contributed by atoms with Crippen LogP contribution in [0.2, 0.25) is 0 Å². The number of hydrogen-bond acceptors (Lipinski definition) is 10. The predicted octanol–water partition coefficient (Wildman–Crippen LogP) is 0.168. The van der Waals surface area contributed by atoms with Crippen molar-refractivity contribution in [3.05, 3.63) is 37.9 Å². The summed E-state index contributed by atoms with van der Waals surface area (Å²) >= 11 is 0. The minimum Gasteiger partial charge on any atom is -0.502 e. The first-order valence-corrected chi connectivity index (χ1v) is 5.17. The summed E-state index contributed by atoms with van der Waals surface area (Å²) in [6.45, 7) is 0. The molecule has 0 saturated carbocycles. The number of aromatic amines is 1. The number of aromatic nitrogens is 4. The van der Waals surface area contributed by atoms with E-state index in [9.17, 15) is 25.3 Å². The number of nitro groups is 2. The fraction of sp³-hybridized carbons (Fsp3) is 0. The van der Waals surface area contributed by atoms with Gasteiger partial charge < -0.3 is 5.11 Å². The first-order chi connectivity index (χ1) is 9.99. The average molecular weight is 294 g/mol. The van der Waals surface area contributed by atoms with E-state index in [0.29, 0.717) is 6.07 Å². The van der Waals surface area contributed by atoms with E-state index in [-0.39, 0.29) is 11.5 Å². The molecule has 0 radical (unpaired) electrons. The van der Waals surface area contributed by atoms with E-state index in [1.807, 2.05) is 0 Å². The van der Waals surface area contributed by atoms with Crippen molar-refractivity contribution < 1.29 is 15.0 Å². The molecule has 0 amide bonds. The molecule has 21 heavy (non-hydrogen) atoms. The molecule has 13 nitrogen and oxygen atoms in total. The van der Waals surface area contributed by atoms with Crippen molar-refractivity contribution in [2.24, 2.45) is 5.10 Å². The van der Waals surface area contributed by atoms with Gasteiger partial charge in [0.25, 0.3) is 11.6 Å². The molecular formula is C8H6N8O5. The Morgan fingerprint density at radius 1 is 1.33 bits per heavy atom. The highest BCUT2D eigenvalue weighted by Crippen LogP contribution is 2.33. The van der Waals surface area contributed by atoms with Crippen LogP contribution >= 0.6 is 0 Å². The van der Waals surface area contributed by atoms with Gasteiger partial charge in [-0.25, -0.2) is 5.43 Å². The molecule has 2 rings (SSSR count). The molecule has 1 aromatic heterocycles. The second kappa shape index (κ2) is 5.55. The van der Waals surface area contributed by atoms with Crippen molar-refractivity contribution in [1.82, 2.24) is 20.6 Å². The van der Waals surface area contributed by atoms with Crippen molar-refractivity contribution in [2.75, 3.05) is 5.43 Å². The van der Waals surface area contributed by atoms with Crippen LogP contribution in [0.25, 0.3) is 0 Å². The number of non-ortho nitro benzene ring substituents is 1. The van der Waals surface area contributed by atoms with Gasteiger partial charge in [0, 0.05) is 6.07 Å². The number of benzene rings is 1. The number of hydrazone groups is 1. The fourth-order valence-corrected chi connectivity index (χ4v) is 1.34. The molecule has 0 saturated heterocycles. The molecule has 13 heteroatoms. The van der Waals surface area contributed by atoms with Gasteiger partial charge >= 0.3 is 5.69 Å². The van der Waals surface area contributed by atoms with E-state index in [0.717, 1.165) is 12.3 Å².